The van der Waals surface area contributed by atoms with E-state index in [4.69, 9.17) is 0 Å². The molecule has 0 saturated heterocycles. The summed E-state index contributed by atoms with van der Waals surface area (Å²) in [6.07, 6.45) is 3.18. The van der Waals surface area contributed by atoms with Gasteiger partial charge < -0.3 is 0 Å². The first kappa shape index (κ1) is 14.7. The molecule has 0 heterocycles. The number of nitro groups is 1. The van der Waals surface area contributed by atoms with Gasteiger partial charge in [0.25, 0.3) is 5.69 Å². The first-order valence-corrected chi connectivity index (χ1v) is 6.51. The number of hydrogen-bond donors (Lipinski definition) is 0. The number of carbonyl (C=O) groups excluding carboxylic acids is 1. The molecule has 0 aliphatic rings. The average molecular weight is 281 g/mol. The van der Waals surface area contributed by atoms with Gasteiger partial charge >= 0.3 is 0 Å². The molecule has 0 unspecified atom stereocenters. The number of benzene rings is 2. The van der Waals surface area contributed by atoms with Crippen LogP contribution >= 0.6 is 0 Å². The van der Waals surface area contributed by atoms with Crippen molar-refractivity contribution in [2.75, 3.05) is 0 Å². The van der Waals surface area contributed by atoms with Crippen LogP contribution in [0.5, 0.6) is 0 Å². The Labute approximate surface area is 122 Å². The van der Waals surface area contributed by atoms with Crippen molar-refractivity contribution < 1.29 is 9.72 Å². The molecule has 0 aliphatic heterocycles. The van der Waals surface area contributed by atoms with Gasteiger partial charge in [-0.25, -0.2) is 0 Å². The topological polar surface area (TPSA) is 60.2 Å². The van der Waals surface area contributed by atoms with Gasteiger partial charge in [-0.2, -0.15) is 0 Å². The average Bonchev–Trinajstić information content (AvgIpc) is 2.48. The van der Waals surface area contributed by atoms with Crippen LogP contribution in [-0.2, 0) is 0 Å². The Bertz CT molecular complexity index is 733. The molecule has 4 heteroatoms. The van der Waals surface area contributed by atoms with Crippen LogP contribution < -0.4 is 0 Å². The van der Waals surface area contributed by atoms with Crippen molar-refractivity contribution >= 4 is 17.5 Å². The van der Waals surface area contributed by atoms with Gasteiger partial charge in [0.2, 0.25) is 0 Å². The molecular formula is C17H15NO3. The summed E-state index contributed by atoms with van der Waals surface area (Å²) in [6.45, 7) is 3.95. The van der Waals surface area contributed by atoms with Crippen molar-refractivity contribution in [3.63, 3.8) is 0 Å². The lowest BCUT2D eigenvalue weighted by Crippen LogP contribution is -1.96. The number of carbonyl (C=O) groups is 1. The van der Waals surface area contributed by atoms with E-state index >= 15 is 0 Å². The minimum atomic E-state index is -0.509. The number of aryl methyl sites for hydroxylation is 2. The normalized spacial score (nSPS) is 10.8. The van der Waals surface area contributed by atoms with Gasteiger partial charge in [0, 0.05) is 17.7 Å². The first-order chi connectivity index (χ1) is 9.97. The quantitative estimate of drug-likeness (QED) is 0.367. The van der Waals surface area contributed by atoms with Crippen molar-refractivity contribution in [2.45, 2.75) is 13.8 Å². The summed E-state index contributed by atoms with van der Waals surface area (Å²) in [5, 5.41) is 10.7. The summed E-state index contributed by atoms with van der Waals surface area (Å²) < 4.78 is 0. The summed E-state index contributed by atoms with van der Waals surface area (Å²) in [5.74, 6) is -0.250. The van der Waals surface area contributed by atoms with Crippen LogP contribution in [-0.4, -0.2) is 10.7 Å². The molecule has 0 spiro atoms. The largest absolute Gasteiger partial charge is 0.289 e. The fourth-order valence-electron chi connectivity index (χ4n) is 1.97. The Morgan fingerprint density at radius 1 is 1.14 bits per heavy atom. The molecule has 106 valence electrons. The van der Waals surface area contributed by atoms with E-state index in [-0.39, 0.29) is 11.5 Å². The fourth-order valence-corrected chi connectivity index (χ4v) is 1.97. The van der Waals surface area contributed by atoms with E-state index in [1.807, 2.05) is 32.0 Å². The van der Waals surface area contributed by atoms with Crippen LogP contribution in [0.25, 0.3) is 6.08 Å². The van der Waals surface area contributed by atoms with Crippen LogP contribution in [0.1, 0.15) is 27.0 Å². The number of rotatable bonds is 4. The van der Waals surface area contributed by atoms with Crippen molar-refractivity contribution in [1.82, 2.24) is 0 Å². The van der Waals surface area contributed by atoms with Crippen LogP contribution in [0.2, 0.25) is 0 Å². The predicted molar refractivity (Wildman–Crippen MR) is 82.4 cm³/mol. The van der Waals surface area contributed by atoms with Crippen molar-refractivity contribution in [1.29, 1.82) is 0 Å². The molecule has 0 amide bonds. The van der Waals surface area contributed by atoms with E-state index in [0.29, 0.717) is 5.56 Å². The number of nitrogens with zero attached hydrogens (tertiary/aromatic N) is 1. The summed E-state index contributed by atoms with van der Waals surface area (Å²) in [7, 11) is 0. The van der Waals surface area contributed by atoms with Gasteiger partial charge in [0.05, 0.1) is 4.92 Å². The molecule has 0 radical (unpaired) electrons. The van der Waals surface area contributed by atoms with Gasteiger partial charge in [-0.1, -0.05) is 42.0 Å². The Hall–Kier alpha value is -2.75. The predicted octanol–water partition coefficient (Wildman–Crippen LogP) is 4.11. The summed E-state index contributed by atoms with van der Waals surface area (Å²) in [4.78, 5) is 22.3. The highest BCUT2D eigenvalue weighted by Gasteiger charge is 2.09. The molecule has 0 saturated carbocycles. The minimum absolute atomic E-state index is 0.0824. The van der Waals surface area contributed by atoms with E-state index in [2.05, 4.69) is 0 Å². The molecule has 0 fully saturated rings. The second-order valence-corrected chi connectivity index (χ2v) is 4.87. The lowest BCUT2D eigenvalue weighted by Gasteiger charge is -2.01. The van der Waals surface area contributed by atoms with Crippen molar-refractivity contribution in [3.05, 3.63) is 80.9 Å². The lowest BCUT2D eigenvalue weighted by atomic mass is 10.0. The van der Waals surface area contributed by atoms with Crippen LogP contribution in [0.4, 0.5) is 5.69 Å². The highest BCUT2D eigenvalue weighted by Crippen LogP contribution is 2.16. The van der Waals surface area contributed by atoms with Crippen molar-refractivity contribution in [3.8, 4) is 0 Å². The molecule has 0 aromatic heterocycles. The van der Waals surface area contributed by atoms with Gasteiger partial charge in [-0.15, -0.1) is 0 Å². The summed E-state index contributed by atoms with van der Waals surface area (Å²) >= 11 is 0. The molecule has 0 N–H and O–H groups in total. The Balaban J connectivity index is 2.25. The highest BCUT2D eigenvalue weighted by molar-refractivity contribution is 6.07. The van der Waals surface area contributed by atoms with Gasteiger partial charge in [-0.05, 0) is 31.1 Å². The fraction of sp³-hybridized carbons (Fsp3) is 0.118. The number of non-ortho nitro benzene ring substituents is 1. The van der Waals surface area contributed by atoms with E-state index in [1.165, 1.54) is 24.3 Å². The minimum Gasteiger partial charge on any atom is -0.289 e. The van der Waals surface area contributed by atoms with Crippen LogP contribution in [0.15, 0.2) is 48.5 Å². The molecule has 2 aromatic rings. The van der Waals surface area contributed by atoms with E-state index < -0.39 is 4.92 Å². The zero-order chi connectivity index (χ0) is 15.4. The van der Waals surface area contributed by atoms with E-state index in [0.717, 1.165) is 16.7 Å². The molecule has 0 atom stereocenters. The molecule has 0 aliphatic carbocycles. The van der Waals surface area contributed by atoms with Crippen LogP contribution in [0, 0.1) is 24.0 Å². The number of ketones is 1. The van der Waals surface area contributed by atoms with Gasteiger partial charge in [-0.3, -0.25) is 14.9 Å². The molecular weight excluding hydrogens is 266 g/mol. The first-order valence-electron chi connectivity index (χ1n) is 6.51. The van der Waals surface area contributed by atoms with Gasteiger partial charge in [0.1, 0.15) is 0 Å². The third-order valence-electron chi connectivity index (χ3n) is 3.19. The maximum absolute atomic E-state index is 12.1. The van der Waals surface area contributed by atoms with E-state index in [1.54, 1.807) is 12.1 Å². The Morgan fingerprint density at radius 3 is 2.62 bits per heavy atom. The molecule has 0 bridgehead atoms. The SMILES string of the molecule is Cc1ccc(C)c(C=CC(=O)c2cccc([N+](=O)[O-])c2)c1. The van der Waals surface area contributed by atoms with Crippen molar-refractivity contribution in [2.24, 2.45) is 0 Å². The number of hydrogen-bond acceptors (Lipinski definition) is 3. The van der Waals surface area contributed by atoms with Gasteiger partial charge in [0.15, 0.2) is 5.78 Å². The summed E-state index contributed by atoms with van der Waals surface area (Å²) in [6, 6.07) is 11.7. The number of nitro benzene ring substituents is 1. The Morgan fingerprint density at radius 2 is 1.90 bits per heavy atom. The smallest absolute Gasteiger partial charge is 0.270 e. The third kappa shape index (κ3) is 3.63. The zero-order valence-corrected chi connectivity index (χ0v) is 11.9. The monoisotopic (exact) mass is 281 g/mol. The van der Waals surface area contributed by atoms with Crippen LogP contribution in [0.3, 0.4) is 0 Å². The maximum atomic E-state index is 12.1. The molecule has 21 heavy (non-hydrogen) atoms. The number of allylic oxidation sites excluding steroid dienone is 1. The lowest BCUT2D eigenvalue weighted by molar-refractivity contribution is -0.384. The standard InChI is InChI=1S/C17H15NO3/c1-12-6-7-13(2)14(10-12)8-9-17(19)15-4-3-5-16(11-15)18(20)21/h3-11H,1-2H3. The Kier molecular flexibility index (Phi) is 4.28. The second kappa shape index (κ2) is 6.13. The summed E-state index contributed by atoms with van der Waals surface area (Å²) in [5.41, 5.74) is 3.38. The van der Waals surface area contributed by atoms with E-state index in [9.17, 15) is 14.9 Å². The molecule has 4 nitrogen and oxygen atoms in total. The third-order valence-corrected chi connectivity index (χ3v) is 3.19. The zero-order valence-electron chi connectivity index (χ0n) is 11.9. The highest BCUT2D eigenvalue weighted by atomic mass is 16.6. The molecule has 2 aromatic carbocycles. The molecule has 2 rings (SSSR count). The second-order valence-electron chi connectivity index (χ2n) is 4.87. The maximum Gasteiger partial charge on any atom is 0.270 e.